The Balaban J connectivity index is 3.80. The first-order chi connectivity index (χ1) is 6.72. The first-order valence-electron chi connectivity index (χ1n) is 4.76. The summed E-state index contributed by atoms with van der Waals surface area (Å²) in [6.45, 7) is 5.19. The Bertz CT molecular complexity index is 205. The van der Waals surface area contributed by atoms with E-state index in [0.29, 0.717) is 0 Å². The van der Waals surface area contributed by atoms with Crippen molar-refractivity contribution in [2.45, 2.75) is 45.6 Å². The predicted molar refractivity (Wildman–Crippen MR) is 52.4 cm³/mol. The van der Waals surface area contributed by atoms with E-state index in [0.717, 1.165) is 5.01 Å². The maximum Gasteiger partial charge on any atom is 0.424 e. The van der Waals surface area contributed by atoms with Crippen molar-refractivity contribution in [1.29, 1.82) is 0 Å². The zero-order valence-corrected chi connectivity index (χ0v) is 9.30. The average Bonchev–Trinajstić information content (AvgIpc) is 1.99. The number of halogens is 2. The van der Waals surface area contributed by atoms with Crippen molar-refractivity contribution in [2.24, 2.45) is 5.84 Å². The molecule has 0 aromatic heterocycles. The number of hydrazine groups is 1. The van der Waals surface area contributed by atoms with Gasteiger partial charge in [0.2, 0.25) is 6.43 Å². The number of ether oxygens (including phenoxy) is 1. The summed E-state index contributed by atoms with van der Waals surface area (Å²) in [6.07, 6.45) is -3.17. The molecule has 15 heavy (non-hydrogen) atoms. The maximum atomic E-state index is 11.8. The van der Waals surface area contributed by atoms with E-state index in [1.807, 2.05) is 0 Å². The predicted octanol–water partition coefficient (Wildman–Crippen LogP) is 2.14. The molecule has 4 nitrogen and oxygen atoms in total. The quantitative estimate of drug-likeness (QED) is 0.452. The van der Waals surface area contributed by atoms with Gasteiger partial charge in [-0.2, -0.15) is 0 Å². The summed E-state index contributed by atoms with van der Waals surface area (Å²) in [5.41, 5.74) is -0.628. The Hall–Kier alpha value is -0.910. The van der Waals surface area contributed by atoms with Gasteiger partial charge in [0.25, 0.3) is 0 Å². The second-order valence-electron chi connectivity index (χ2n) is 4.21. The van der Waals surface area contributed by atoms with Gasteiger partial charge in [0.15, 0.2) is 0 Å². The van der Waals surface area contributed by atoms with Gasteiger partial charge < -0.3 is 4.74 Å². The minimum Gasteiger partial charge on any atom is -0.443 e. The van der Waals surface area contributed by atoms with Crippen molar-refractivity contribution >= 4 is 6.09 Å². The largest absolute Gasteiger partial charge is 0.443 e. The molecule has 0 atom stereocenters. The SMILES string of the molecule is CC(C)(C)OC(=O)N(N)CCCC(F)F. The molecule has 0 fully saturated rings. The normalized spacial score (nSPS) is 11.7. The minimum absolute atomic E-state index is 0.0687. The van der Waals surface area contributed by atoms with Crippen molar-refractivity contribution in [3.8, 4) is 0 Å². The van der Waals surface area contributed by atoms with E-state index in [4.69, 9.17) is 10.6 Å². The second-order valence-corrected chi connectivity index (χ2v) is 4.21. The molecule has 1 amide bonds. The molecular formula is C9H18F2N2O2. The third-order valence-electron chi connectivity index (χ3n) is 1.45. The van der Waals surface area contributed by atoms with E-state index in [1.54, 1.807) is 20.8 Å². The van der Waals surface area contributed by atoms with Crippen LogP contribution < -0.4 is 5.84 Å². The van der Waals surface area contributed by atoms with Crippen LogP contribution in [0.1, 0.15) is 33.6 Å². The van der Waals surface area contributed by atoms with Gasteiger partial charge in [0, 0.05) is 13.0 Å². The maximum absolute atomic E-state index is 11.8. The summed E-state index contributed by atoms with van der Waals surface area (Å²) in [4.78, 5) is 11.2. The lowest BCUT2D eigenvalue weighted by Crippen LogP contribution is -2.42. The number of nitrogens with zero attached hydrogens (tertiary/aromatic N) is 1. The highest BCUT2D eigenvalue weighted by Gasteiger charge is 2.19. The summed E-state index contributed by atoms with van der Waals surface area (Å²) >= 11 is 0. The molecule has 2 N–H and O–H groups in total. The van der Waals surface area contributed by atoms with Crippen LogP contribution in [-0.4, -0.2) is 29.7 Å². The lowest BCUT2D eigenvalue weighted by molar-refractivity contribution is 0.0232. The second kappa shape index (κ2) is 5.85. The first kappa shape index (κ1) is 14.1. The Kier molecular flexibility index (Phi) is 5.49. The van der Waals surface area contributed by atoms with Gasteiger partial charge in [-0.3, -0.25) is 0 Å². The smallest absolute Gasteiger partial charge is 0.424 e. The van der Waals surface area contributed by atoms with E-state index in [-0.39, 0.29) is 19.4 Å². The molecule has 0 aliphatic carbocycles. The highest BCUT2D eigenvalue weighted by molar-refractivity contribution is 5.67. The fourth-order valence-corrected chi connectivity index (χ4v) is 0.828. The van der Waals surface area contributed by atoms with Crippen molar-refractivity contribution in [3.63, 3.8) is 0 Å². The van der Waals surface area contributed by atoms with Crippen molar-refractivity contribution in [3.05, 3.63) is 0 Å². The summed E-state index contributed by atoms with van der Waals surface area (Å²) in [6, 6.07) is 0. The molecule has 0 saturated heterocycles. The zero-order valence-electron chi connectivity index (χ0n) is 9.30. The number of rotatable bonds is 4. The molecule has 0 heterocycles. The van der Waals surface area contributed by atoms with Gasteiger partial charge in [0.05, 0.1) is 0 Å². The fourth-order valence-electron chi connectivity index (χ4n) is 0.828. The zero-order chi connectivity index (χ0) is 12.1. The molecule has 90 valence electrons. The molecule has 0 aromatic rings. The van der Waals surface area contributed by atoms with Crippen LogP contribution in [0.4, 0.5) is 13.6 Å². The molecule has 0 unspecified atom stereocenters. The number of carbonyl (C=O) groups is 1. The lowest BCUT2D eigenvalue weighted by atomic mass is 10.2. The molecule has 6 heteroatoms. The minimum atomic E-state index is -2.36. The van der Waals surface area contributed by atoms with Crippen LogP contribution in [-0.2, 0) is 4.74 Å². The van der Waals surface area contributed by atoms with E-state index < -0.39 is 18.1 Å². The highest BCUT2D eigenvalue weighted by atomic mass is 19.3. The molecule has 0 aromatic carbocycles. The van der Waals surface area contributed by atoms with Crippen molar-refractivity contribution in [1.82, 2.24) is 5.01 Å². The van der Waals surface area contributed by atoms with Gasteiger partial charge in [-0.05, 0) is 27.2 Å². The molecule has 0 spiro atoms. The van der Waals surface area contributed by atoms with E-state index in [2.05, 4.69) is 0 Å². The number of amides is 1. The molecule has 0 bridgehead atoms. The van der Waals surface area contributed by atoms with Crippen LogP contribution in [0.3, 0.4) is 0 Å². The van der Waals surface area contributed by atoms with Gasteiger partial charge in [-0.1, -0.05) is 0 Å². The summed E-state index contributed by atoms with van der Waals surface area (Å²) in [7, 11) is 0. The van der Waals surface area contributed by atoms with Crippen LogP contribution in [0, 0.1) is 0 Å². The van der Waals surface area contributed by atoms with Gasteiger partial charge in [-0.25, -0.2) is 24.4 Å². The molecule has 0 rings (SSSR count). The third-order valence-corrected chi connectivity index (χ3v) is 1.45. The van der Waals surface area contributed by atoms with Gasteiger partial charge in [-0.15, -0.1) is 0 Å². The third kappa shape index (κ3) is 8.11. The summed E-state index contributed by atoms with van der Waals surface area (Å²) < 4.78 is 28.5. The monoisotopic (exact) mass is 224 g/mol. The number of hydrogen-bond donors (Lipinski definition) is 1. The number of nitrogens with two attached hydrogens (primary N) is 1. The molecular weight excluding hydrogens is 206 g/mol. The van der Waals surface area contributed by atoms with Gasteiger partial charge >= 0.3 is 6.09 Å². The molecule has 0 radical (unpaired) electrons. The van der Waals surface area contributed by atoms with Crippen LogP contribution in [0.25, 0.3) is 0 Å². The van der Waals surface area contributed by atoms with Crippen LogP contribution in [0.2, 0.25) is 0 Å². The van der Waals surface area contributed by atoms with E-state index in [1.165, 1.54) is 0 Å². The fraction of sp³-hybridized carbons (Fsp3) is 0.889. The Morgan fingerprint density at radius 1 is 1.47 bits per heavy atom. The van der Waals surface area contributed by atoms with Crippen LogP contribution >= 0.6 is 0 Å². The number of alkyl halides is 2. The molecule has 0 aliphatic heterocycles. The Morgan fingerprint density at radius 2 is 2.00 bits per heavy atom. The standard InChI is InChI=1S/C9H18F2N2O2/c1-9(2,3)15-8(14)13(12)6-4-5-7(10)11/h7H,4-6,12H2,1-3H3. The topological polar surface area (TPSA) is 55.6 Å². The number of carbonyl (C=O) groups excluding carboxylic acids is 1. The lowest BCUT2D eigenvalue weighted by Gasteiger charge is -2.24. The first-order valence-corrected chi connectivity index (χ1v) is 4.76. The van der Waals surface area contributed by atoms with Crippen molar-refractivity contribution in [2.75, 3.05) is 6.54 Å². The van der Waals surface area contributed by atoms with Crippen molar-refractivity contribution < 1.29 is 18.3 Å². The Morgan fingerprint density at radius 3 is 2.40 bits per heavy atom. The van der Waals surface area contributed by atoms with E-state index >= 15 is 0 Å². The highest BCUT2D eigenvalue weighted by Crippen LogP contribution is 2.09. The average molecular weight is 224 g/mol. The number of hydrogen-bond acceptors (Lipinski definition) is 3. The molecule has 0 aliphatic rings. The molecule has 0 saturated carbocycles. The van der Waals surface area contributed by atoms with E-state index in [9.17, 15) is 13.6 Å². The summed E-state index contributed by atoms with van der Waals surface area (Å²) in [5, 5.41) is 0.813. The van der Waals surface area contributed by atoms with Crippen LogP contribution in [0.5, 0.6) is 0 Å². The Labute approximate surface area is 88.3 Å². The van der Waals surface area contributed by atoms with Crippen LogP contribution in [0.15, 0.2) is 0 Å². The van der Waals surface area contributed by atoms with Gasteiger partial charge in [0.1, 0.15) is 5.60 Å². The summed E-state index contributed by atoms with van der Waals surface area (Å²) in [5.74, 6) is 5.32.